The van der Waals surface area contributed by atoms with Crippen LogP contribution in [0.4, 0.5) is 0 Å². The lowest BCUT2D eigenvalue weighted by atomic mass is 10.1. The van der Waals surface area contributed by atoms with Gasteiger partial charge in [-0.3, -0.25) is 9.69 Å². The highest BCUT2D eigenvalue weighted by atomic mass is 32.2. The molecule has 2 heterocycles. The van der Waals surface area contributed by atoms with Gasteiger partial charge < -0.3 is 9.88 Å². The number of carbonyl (C=O) groups excluding carboxylic acids is 1. The number of aromatic nitrogens is 2. The SMILES string of the molecule is CC(C)CCn1c(CN(C[C@H]2CCC(=O)N2)C(C)C)cnc1S(=O)(=O)C(C)C. The lowest BCUT2D eigenvalue weighted by molar-refractivity contribution is -0.119. The number of rotatable bonds is 10. The van der Waals surface area contributed by atoms with Gasteiger partial charge in [0.2, 0.25) is 20.9 Å². The maximum atomic E-state index is 12.8. The Kier molecular flexibility index (Phi) is 7.67. The normalized spacial score (nSPS) is 18.1. The number of hydrogen-bond acceptors (Lipinski definition) is 5. The van der Waals surface area contributed by atoms with Crippen LogP contribution in [-0.4, -0.2) is 52.7 Å². The first-order valence-corrected chi connectivity index (χ1v) is 11.9. The summed E-state index contributed by atoms with van der Waals surface area (Å²) in [5.41, 5.74) is 0.915. The second-order valence-corrected chi connectivity index (χ2v) is 11.2. The van der Waals surface area contributed by atoms with Crippen LogP contribution in [0.1, 0.15) is 66.5 Å². The van der Waals surface area contributed by atoms with Crippen molar-refractivity contribution in [2.75, 3.05) is 6.54 Å². The molecule has 0 bridgehead atoms. The van der Waals surface area contributed by atoms with Crippen LogP contribution in [0, 0.1) is 5.92 Å². The van der Waals surface area contributed by atoms with E-state index in [1.807, 2.05) is 4.57 Å². The number of sulfone groups is 1. The highest BCUT2D eigenvalue weighted by Gasteiger charge is 2.29. The quantitative estimate of drug-likeness (QED) is 0.638. The summed E-state index contributed by atoms with van der Waals surface area (Å²) in [7, 11) is -3.44. The molecule has 1 aliphatic heterocycles. The van der Waals surface area contributed by atoms with Crippen molar-refractivity contribution in [3.63, 3.8) is 0 Å². The van der Waals surface area contributed by atoms with Crippen LogP contribution < -0.4 is 5.32 Å². The summed E-state index contributed by atoms with van der Waals surface area (Å²) >= 11 is 0. The summed E-state index contributed by atoms with van der Waals surface area (Å²) in [6.07, 6.45) is 4.03. The van der Waals surface area contributed by atoms with Crippen LogP contribution in [0.25, 0.3) is 0 Å². The second-order valence-electron chi connectivity index (χ2n) is 8.79. The van der Waals surface area contributed by atoms with E-state index in [0.29, 0.717) is 25.4 Å². The maximum Gasteiger partial charge on any atom is 0.228 e. The largest absolute Gasteiger partial charge is 0.352 e. The Hall–Kier alpha value is -1.41. The molecule has 1 saturated heterocycles. The fraction of sp³-hybridized carbons (Fsp3) is 0.800. The van der Waals surface area contributed by atoms with E-state index in [1.54, 1.807) is 20.0 Å². The van der Waals surface area contributed by atoms with E-state index >= 15 is 0 Å². The van der Waals surface area contributed by atoms with Gasteiger partial charge in [0, 0.05) is 38.1 Å². The Morgan fingerprint density at radius 3 is 2.43 bits per heavy atom. The van der Waals surface area contributed by atoms with Crippen molar-refractivity contribution in [2.24, 2.45) is 5.92 Å². The zero-order valence-corrected chi connectivity index (χ0v) is 18.9. The highest BCUT2D eigenvalue weighted by Crippen LogP contribution is 2.21. The van der Waals surface area contributed by atoms with Crippen molar-refractivity contribution in [3.8, 4) is 0 Å². The van der Waals surface area contributed by atoms with Gasteiger partial charge in [-0.25, -0.2) is 13.4 Å². The van der Waals surface area contributed by atoms with E-state index in [2.05, 4.69) is 42.9 Å². The van der Waals surface area contributed by atoms with Crippen LogP contribution in [0.3, 0.4) is 0 Å². The lowest BCUT2D eigenvalue weighted by Crippen LogP contribution is -2.42. The van der Waals surface area contributed by atoms with Crippen molar-refractivity contribution >= 4 is 15.7 Å². The molecule has 28 heavy (non-hydrogen) atoms. The van der Waals surface area contributed by atoms with Crippen molar-refractivity contribution in [2.45, 2.75) is 96.4 Å². The molecule has 2 rings (SSSR count). The van der Waals surface area contributed by atoms with Crippen LogP contribution in [-0.2, 0) is 27.7 Å². The molecule has 1 aromatic rings. The van der Waals surface area contributed by atoms with E-state index in [4.69, 9.17) is 0 Å². The van der Waals surface area contributed by atoms with Gasteiger partial charge in [-0.05, 0) is 46.5 Å². The Morgan fingerprint density at radius 1 is 1.25 bits per heavy atom. The zero-order chi connectivity index (χ0) is 21.1. The van der Waals surface area contributed by atoms with E-state index in [1.165, 1.54) is 0 Å². The van der Waals surface area contributed by atoms with Crippen LogP contribution >= 0.6 is 0 Å². The van der Waals surface area contributed by atoms with Gasteiger partial charge in [0.15, 0.2) is 0 Å². The molecule has 0 spiro atoms. The zero-order valence-electron chi connectivity index (χ0n) is 18.1. The molecule has 1 atom stereocenters. The highest BCUT2D eigenvalue weighted by molar-refractivity contribution is 7.91. The van der Waals surface area contributed by atoms with E-state index in [0.717, 1.165) is 25.1 Å². The summed E-state index contributed by atoms with van der Waals surface area (Å²) in [6.45, 7) is 13.9. The third kappa shape index (κ3) is 5.56. The predicted molar refractivity (Wildman–Crippen MR) is 111 cm³/mol. The first-order chi connectivity index (χ1) is 13.0. The standard InChI is InChI=1S/C20H36N4O3S/c1-14(2)9-10-24-18(11-21-20(24)28(26,27)16(5)6)13-23(15(3)4)12-17-7-8-19(25)22-17/h11,14-17H,7-10,12-13H2,1-6H3,(H,22,25)/t17-/m1/s1. The van der Waals surface area contributed by atoms with E-state index in [9.17, 15) is 13.2 Å². The van der Waals surface area contributed by atoms with Gasteiger partial charge in [-0.2, -0.15) is 0 Å². The first kappa shape index (κ1) is 22.9. The molecule has 8 heteroatoms. The third-order valence-electron chi connectivity index (χ3n) is 5.34. The van der Waals surface area contributed by atoms with Gasteiger partial charge in [-0.15, -0.1) is 0 Å². The molecule has 1 aliphatic rings. The average molecular weight is 413 g/mol. The molecular formula is C20H36N4O3S. The molecular weight excluding hydrogens is 376 g/mol. The Morgan fingerprint density at radius 2 is 1.93 bits per heavy atom. The molecule has 1 amide bonds. The summed E-state index contributed by atoms with van der Waals surface area (Å²) in [5.74, 6) is 0.584. The van der Waals surface area contributed by atoms with Crippen molar-refractivity contribution in [1.82, 2.24) is 19.8 Å². The third-order valence-corrected chi connectivity index (χ3v) is 7.42. The molecule has 7 nitrogen and oxygen atoms in total. The molecule has 1 fully saturated rings. The van der Waals surface area contributed by atoms with Gasteiger partial charge in [-0.1, -0.05) is 13.8 Å². The maximum absolute atomic E-state index is 12.8. The van der Waals surface area contributed by atoms with Crippen molar-refractivity contribution in [3.05, 3.63) is 11.9 Å². The van der Waals surface area contributed by atoms with Crippen LogP contribution in [0.15, 0.2) is 11.4 Å². The number of nitrogens with one attached hydrogen (secondary N) is 1. The van der Waals surface area contributed by atoms with E-state index in [-0.39, 0.29) is 23.1 Å². The molecule has 0 unspecified atom stereocenters. The van der Waals surface area contributed by atoms with Crippen LogP contribution in [0.5, 0.6) is 0 Å². The Labute approximate surface area is 169 Å². The molecule has 0 saturated carbocycles. The van der Waals surface area contributed by atoms with Crippen molar-refractivity contribution < 1.29 is 13.2 Å². The Balaban J connectivity index is 2.28. The molecule has 1 N–H and O–H groups in total. The fourth-order valence-corrected chi connectivity index (χ4v) is 4.48. The van der Waals surface area contributed by atoms with E-state index < -0.39 is 15.1 Å². The summed E-state index contributed by atoms with van der Waals surface area (Å²) in [4.78, 5) is 18.1. The van der Waals surface area contributed by atoms with Crippen molar-refractivity contribution in [1.29, 1.82) is 0 Å². The average Bonchev–Trinajstić information content (AvgIpc) is 3.18. The summed E-state index contributed by atoms with van der Waals surface area (Å²) < 4.78 is 27.5. The van der Waals surface area contributed by atoms with Gasteiger partial charge in [0.05, 0.1) is 17.1 Å². The first-order valence-electron chi connectivity index (χ1n) is 10.3. The Bertz CT molecular complexity index is 768. The summed E-state index contributed by atoms with van der Waals surface area (Å²) in [6, 6.07) is 0.428. The minimum Gasteiger partial charge on any atom is -0.352 e. The minimum absolute atomic E-state index is 0.112. The topological polar surface area (TPSA) is 84.3 Å². The number of imidazole rings is 1. The van der Waals surface area contributed by atoms with Crippen LogP contribution in [0.2, 0.25) is 0 Å². The molecule has 1 aromatic heterocycles. The number of amides is 1. The number of carbonyl (C=O) groups is 1. The van der Waals surface area contributed by atoms with Gasteiger partial charge in [0.1, 0.15) is 0 Å². The second kappa shape index (κ2) is 9.39. The fourth-order valence-electron chi connectivity index (χ4n) is 3.35. The number of nitrogens with zero attached hydrogens (tertiary/aromatic N) is 3. The van der Waals surface area contributed by atoms with Gasteiger partial charge >= 0.3 is 0 Å². The minimum atomic E-state index is -3.44. The molecule has 0 radical (unpaired) electrons. The summed E-state index contributed by atoms with van der Waals surface area (Å²) in [5, 5.41) is 2.70. The smallest absolute Gasteiger partial charge is 0.228 e. The lowest BCUT2D eigenvalue weighted by Gasteiger charge is -2.29. The predicted octanol–water partition coefficient (Wildman–Crippen LogP) is 2.60. The molecule has 0 aliphatic carbocycles. The monoisotopic (exact) mass is 412 g/mol. The number of hydrogen-bond donors (Lipinski definition) is 1. The molecule has 160 valence electrons. The molecule has 0 aromatic carbocycles. The van der Waals surface area contributed by atoms with Gasteiger partial charge in [0.25, 0.3) is 0 Å².